The number of nitrogens with zero attached hydrogens (tertiary/aromatic N) is 1. The van der Waals surface area contributed by atoms with Crippen molar-refractivity contribution in [2.45, 2.75) is 6.16 Å². The van der Waals surface area contributed by atoms with Gasteiger partial charge in [0, 0.05) is 0 Å². The third-order valence-electron chi connectivity index (χ3n) is 5.45. The van der Waals surface area contributed by atoms with E-state index in [1.165, 1.54) is 15.9 Å². The fourth-order valence-electron chi connectivity index (χ4n) is 4.03. The highest BCUT2D eigenvalue weighted by molar-refractivity contribution is 7.95. The van der Waals surface area contributed by atoms with Gasteiger partial charge in [0.25, 0.3) is 0 Å². The molecule has 0 saturated carbocycles. The Kier molecular flexibility index (Phi) is 6.88. The predicted molar refractivity (Wildman–Crippen MR) is 133 cm³/mol. The number of oxazole rings is 1. The highest BCUT2D eigenvalue weighted by atomic mass is 35.5. The van der Waals surface area contributed by atoms with Gasteiger partial charge in [-0.2, -0.15) is 0 Å². The molecule has 0 aliphatic rings. The fraction of sp³-hybridized carbons (Fsp3) is 0.0385. The predicted octanol–water partition coefficient (Wildman–Crippen LogP) is 3.63. The number of rotatable bonds is 5. The largest absolute Gasteiger partial charge is 1.00 e. The first-order valence-corrected chi connectivity index (χ1v) is 12.7. The van der Waals surface area contributed by atoms with Crippen molar-refractivity contribution in [3.63, 3.8) is 0 Å². The molecule has 0 bridgehead atoms. The Bertz CT molecular complexity index is 1190. The van der Waals surface area contributed by atoms with Crippen molar-refractivity contribution >= 4 is 57.5 Å². The van der Waals surface area contributed by atoms with Crippen molar-refractivity contribution < 1.29 is 16.8 Å². The molecule has 0 atom stereocenters. The molecule has 4 aromatic carbocycles. The average Bonchev–Trinajstić information content (AvgIpc) is 3.27. The Morgan fingerprint density at radius 1 is 0.625 bits per heavy atom. The molecule has 0 N–H and O–H groups in total. The van der Waals surface area contributed by atoms with Gasteiger partial charge in [0.05, 0.1) is 10.0 Å². The summed E-state index contributed by atoms with van der Waals surface area (Å²) in [5.41, 5.74) is 1.15. The minimum absolute atomic E-state index is 0. The van der Waals surface area contributed by atoms with Gasteiger partial charge in [0.15, 0.2) is 5.58 Å². The minimum Gasteiger partial charge on any atom is -1.00 e. The molecule has 1 heterocycles. The molecule has 6 heteroatoms. The molecule has 0 saturated heterocycles. The standard InChI is InChI=1S/C26H19Cl2NOP.ClH/c27-22-16-17-23(28)26-25(22)29-24(30-26)18-31(19-10-4-1-5-11-19,20-12-6-2-7-13-20)21-14-8-3-9-15-21;/h1-17H,18H2;1H/q+1;/p-1. The summed E-state index contributed by atoms with van der Waals surface area (Å²) in [6.07, 6.45) is 0.631. The van der Waals surface area contributed by atoms with E-state index in [4.69, 9.17) is 32.6 Å². The third kappa shape index (κ3) is 4.05. The molecule has 0 spiro atoms. The zero-order valence-electron chi connectivity index (χ0n) is 17.0. The smallest absolute Gasteiger partial charge is 0.234 e. The molecular weight excluding hydrogens is 480 g/mol. The summed E-state index contributed by atoms with van der Waals surface area (Å²) in [4.78, 5) is 4.78. The molecule has 0 amide bonds. The maximum Gasteiger partial charge on any atom is 0.234 e. The van der Waals surface area contributed by atoms with E-state index in [1.54, 1.807) is 12.1 Å². The minimum atomic E-state index is -2.10. The molecule has 32 heavy (non-hydrogen) atoms. The molecule has 0 fully saturated rings. The number of hydrogen-bond acceptors (Lipinski definition) is 2. The van der Waals surface area contributed by atoms with Crippen LogP contribution in [-0.4, -0.2) is 4.98 Å². The molecule has 160 valence electrons. The lowest BCUT2D eigenvalue weighted by molar-refractivity contribution is -0.00000653. The SMILES string of the molecule is Clc1ccc(Cl)c2oc(C[P+](c3ccccc3)(c3ccccc3)c3ccccc3)nc12.[Cl-]. The van der Waals surface area contributed by atoms with Crippen LogP contribution in [0.3, 0.4) is 0 Å². The van der Waals surface area contributed by atoms with E-state index >= 15 is 0 Å². The maximum absolute atomic E-state index is 6.39. The second-order valence-corrected chi connectivity index (χ2v) is 11.6. The average molecular weight is 499 g/mol. The van der Waals surface area contributed by atoms with Gasteiger partial charge in [0.2, 0.25) is 5.89 Å². The molecule has 5 rings (SSSR count). The van der Waals surface area contributed by atoms with Crippen LogP contribution in [0.1, 0.15) is 5.89 Å². The van der Waals surface area contributed by atoms with Crippen molar-refractivity contribution in [3.05, 3.63) is 119 Å². The van der Waals surface area contributed by atoms with E-state index in [2.05, 4.69) is 72.8 Å². The topological polar surface area (TPSA) is 26.0 Å². The van der Waals surface area contributed by atoms with Gasteiger partial charge in [-0.3, -0.25) is 0 Å². The molecule has 5 aromatic rings. The second-order valence-electron chi connectivity index (χ2n) is 7.29. The van der Waals surface area contributed by atoms with Crippen molar-refractivity contribution in [1.82, 2.24) is 4.98 Å². The monoisotopic (exact) mass is 497 g/mol. The molecule has 0 aliphatic heterocycles. The van der Waals surface area contributed by atoms with E-state index in [0.29, 0.717) is 33.2 Å². The Labute approximate surface area is 204 Å². The second kappa shape index (κ2) is 9.65. The maximum atomic E-state index is 6.39. The summed E-state index contributed by atoms with van der Waals surface area (Å²) in [6.45, 7) is 0. The summed E-state index contributed by atoms with van der Waals surface area (Å²) < 4.78 is 6.20. The molecule has 0 aliphatic carbocycles. The first-order valence-electron chi connectivity index (χ1n) is 9.97. The Hall–Kier alpha value is -2.35. The van der Waals surface area contributed by atoms with E-state index < -0.39 is 7.26 Å². The lowest BCUT2D eigenvalue weighted by atomic mass is 10.3. The van der Waals surface area contributed by atoms with Crippen LogP contribution in [0.4, 0.5) is 0 Å². The van der Waals surface area contributed by atoms with Gasteiger partial charge in [-0.15, -0.1) is 0 Å². The normalized spacial score (nSPS) is 11.3. The summed E-state index contributed by atoms with van der Waals surface area (Å²) in [5, 5.41) is 4.87. The zero-order chi connectivity index (χ0) is 21.3. The van der Waals surface area contributed by atoms with Crippen LogP contribution in [0, 0.1) is 0 Å². The highest BCUT2D eigenvalue weighted by Crippen LogP contribution is 2.58. The van der Waals surface area contributed by atoms with Gasteiger partial charge in [0.1, 0.15) is 34.9 Å². The molecule has 1 aromatic heterocycles. The number of fused-ring (bicyclic) bond motifs is 1. The lowest BCUT2D eigenvalue weighted by Crippen LogP contribution is -3.00. The van der Waals surface area contributed by atoms with Crippen molar-refractivity contribution in [3.8, 4) is 0 Å². The van der Waals surface area contributed by atoms with E-state index in [0.717, 1.165) is 0 Å². The lowest BCUT2D eigenvalue weighted by Gasteiger charge is -2.26. The highest BCUT2D eigenvalue weighted by Gasteiger charge is 2.47. The third-order valence-corrected chi connectivity index (χ3v) is 10.3. The molecular formula is C26H19Cl3NOP. The van der Waals surface area contributed by atoms with Crippen molar-refractivity contribution in [1.29, 1.82) is 0 Å². The molecule has 0 unspecified atom stereocenters. The van der Waals surface area contributed by atoms with E-state index in [-0.39, 0.29) is 12.4 Å². The van der Waals surface area contributed by atoms with Gasteiger partial charge >= 0.3 is 0 Å². The Morgan fingerprint density at radius 3 is 1.50 bits per heavy atom. The molecule has 0 radical (unpaired) electrons. The van der Waals surface area contributed by atoms with E-state index in [1.807, 2.05) is 18.2 Å². The van der Waals surface area contributed by atoms with Crippen LogP contribution in [0.25, 0.3) is 11.1 Å². The Balaban J connectivity index is 0.00000245. The van der Waals surface area contributed by atoms with Gasteiger partial charge in [-0.25, -0.2) is 4.98 Å². The van der Waals surface area contributed by atoms with Gasteiger partial charge in [-0.1, -0.05) is 77.8 Å². The van der Waals surface area contributed by atoms with Crippen molar-refractivity contribution in [2.24, 2.45) is 0 Å². The van der Waals surface area contributed by atoms with Crippen LogP contribution in [0.15, 0.2) is 108 Å². The van der Waals surface area contributed by atoms with Gasteiger partial charge < -0.3 is 16.8 Å². The summed E-state index contributed by atoms with van der Waals surface area (Å²) in [6, 6.07) is 35.4. The number of halogens is 3. The summed E-state index contributed by atoms with van der Waals surface area (Å²) in [7, 11) is -2.10. The molecule has 2 nitrogen and oxygen atoms in total. The van der Waals surface area contributed by atoms with Crippen LogP contribution in [-0.2, 0) is 6.16 Å². The summed E-state index contributed by atoms with van der Waals surface area (Å²) >= 11 is 12.8. The van der Waals surface area contributed by atoms with Crippen LogP contribution < -0.4 is 28.3 Å². The quantitative estimate of drug-likeness (QED) is 0.346. The number of benzene rings is 4. The van der Waals surface area contributed by atoms with Crippen molar-refractivity contribution in [2.75, 3.05) is 0 Å². The van der Waals surface area contributed by atoms with Crippen LogP contribution >= 0.6 is 30.5 Å². The van der Waals surface area contributed by atoms with Crippen LogP contribution in [0.2, 0.25) is 10.0 Å². The zero-order valence-corrected chi connectivity index (χ0v) is 20.1. The summed E-state index contributed by atoms with van der Waals surface area (Å²) in [5.74, 6) is 0.634. The first-order chi connectivity index (χ1) is 15.2. The fourth-order valence-corrected chi connectivity index (χ4v) is 8.44. The van der Waals surface area contributed by atoms with E-state index in [9.17, 15) is 0 Å². The Morgan fingerprint density at radius 2 is 1.06 bits per heavy atom. The number of aromatic nitrogens is 1. The first kappa shape index (κ1) is 22.8. The number of hydrogen-bond donors (Lipinski definition) is 0. The van der Waals surface area contributed by atoms with Gasteiger partial charge in [-0.05, 0) is 48.5 Å². The van der Waals surface area contributed by atoms with Crippen LogP contribution in [0.5, 0.6) is 0 Å².